The molecule has 1 heterocycles. The predicted octanol–water partition coefficient (Wildman–Crippen LogP) is 3.39. The number of benzene rings is 1. The molecule has 1 saturated heterocycles. The number of nitrogens with zero attached hydrogens (tertiary/aromatic N) is 1. The molecule has 1 aliphatic rings. The summed E-state index contributed by atoms with van der Waals surface area (Å²) in [5.41, 5.74) is 0.952. The highest BCUT2D eigenvalue weighted by molar-refractivity contribution is 9.10. The molecule has 0 aromatic heterocycles. The molecule has 1 aromatic rings. The van der Waals surface area contributed by atoms with E-state index in [-0.39, 0.29) is 11.3 Å². The molecule has 0 saturated carbocycles. The third kappa shape index (κ3) is 2.69. The molecule has 3 nitrogen and oxygen atoms in total. The number of carboxylic acid groups (broad SMARTS) is 1. The summed E-state index contributed by atoms with van der Waals surface area (Å²) in [5, 5.41) is 9.25. The Morgan fingerprint density at radius 2 is 2.22 bits per heavy atom. The number of aliphatic carboxylic acids is 1. The van der Waals surface area contributed by atoms with Crippen LogP contribution in [0.4, 0.5) is 5.69 Å². The SMILES string of the molecule is CC1(C)CN(c2cccc(Br)c2)CCC1C(=O)O. The average molecular weight is 312 g/mol. The van der Waals surface area contributed by atoms with Crippen LogP contribution in [0.2, 0.25) is 0 Å². The van der Waals surface area contributed by atoms with Gasteiger partial charge in [0.05, 0.1) is 5.92 Å². The first kappa shape index (κ1) is 13.4. The standard InChI is InChI=1S/C14H18BrNO2/c1-14(2)9-16(7-6-12(14)13(17)18)11-5-3-4-10(15)8-11/h3-5,8,12H,6-7,9H2,1-2H3,(H,17,18). The van der Waals surface area contributed by atoms with Crippen LogP contribution in [0, 0.1) is 11.3 Å². The normalized spacial score (nSPS) is 22.8. The molecular formula is C14H18BrNO2. The van der Waals surface area contributed by atoms with Gasteiger partial charge in [-0.15, -0.1) is 0 Å². The summed E-state index contributed by atoms with van der Waals surface area (Å²) in [6.07, 6.45) is 0.703. The highest BCUT2D eigenvalue weighted by Gasteiger charge is 2.40. The summed E-state index contributed by atoms with van der Waals surface area (Å²) in [5.74, 6) is -0.921. The van der Waals surface area contributed by atoms with Crippen LogP contribution in [-0.4, -0.2) is 24.2 Å². The minimum atomic E-state index is -0.672. The molecule has 4 heteroatoms. The van der Waals surface area contributed by atoms with Crippen molar-refractivity contribution in [3.63, 3.8) is 0 Å². The van der Waals surface area contributed by atoms with Crippen molar-refractivity contribution in [1.29, 1.82) is 0 Å². The lowest BCUT2D eigenvalue weighted by Gasteiger charge is -2.43. The van der Waals surface area contributed by atoms with Crippen LogP contribution < -0.4 is 4.90 Å². The van der Waals surface area contributed by atoms with Gasteiger partial charge in [0.2, 0.25) is 0 Å². The van der Waals surface area contributed by atoms with Gasteiger partial charge in [-0.2, -0.15) is 0 Å². The van der Waals surface area contributed by atoms with Gasteiger partial charge in [-0.05, 0) is 30.0 Å². The summed E-state index contributed by atoms with van der Waals surface area (Å²) in [6, 6.07) is 8.16. The lowest BCUT2D eigenvalue weighted by atomic mass is 9.74. The van der Waals surface area contributed by atoms with E-state index < -0.39 is 5.97 Å². The smallest absolute Gasteiger partial charge is 0.307 e. The van der Waals surface area contributed by atoms with Gasteiger partial charge in [0.15, 0.2) is 0 Å². The van der Waals surface area contributed by atoms with E-state index in [1.807, 2.05) is 26.0 Å². The molecule has 2 rings (SSSR count). The van der Waals surface area contributed by atoms with E-state index in [1.54, 1.807) is 0 Å². The molecule has 1 aliphatic heterocycles. The topological polar surface area (TPSA) is 40.5 Å². The van der Waals surface area contributed by atoms with Crippen LogP contribution >= 0.6 is 15.9 Å². The number of piperidine rings is 1. The number of hydrogen-bond donors (Lipinski definition) is 1. The molecule has 1 aromatic carbocycles. The fourth-order valence-corrected chi connectivity index (χ4v) is 3.09. The second-order valence-electron chi connectivity index (χ2n) is 5.57. The Kier molecular flexibility index (Phi) is 3.66. The van der Waals surface area contributed by atoms with E-state index in [0.717, 1.165) is 23.2 Å². The van der Waals surface area contributed by atoms with Gasteiger partial charge in [0.25, 0.3) is 0 Å². The lowest BCUT2D eigenvalue weighted by molar-refractivity contribution is -0.146. The molecule has 0 aliphatic carbocycles. The summed E-state index contributed by atoms with van der Waals surface area (Å²) < 4.78 is 1.05. The Hall–Kier alpha value is -1.03. The number of carboxylic acids is 1. The zero-order valence-electron chi connectivity index (χ0n) is 10.7. The quantitative estimate of drug-likeness (QED) is 0.910. The van der Waals surface area contributed by atoms with Crippen LogP contribution in [0.5, 0.6) is 0 Å². The van der Waals surface area contributed by atoms with Crippen LogP contribution in [0.25, 0.3) is 0 Å². The van der Waals surface area contributed by atoms with Crippen molar-refractivity contribution in [2.24, 2.45) is 11.3 Å². The van der Waals surface area contributed by atoms with Crippen molar-refractivity contribution >= 4 is 27.6 Å². The molecule has 1 N–H and O–H groups in total. The van der Waals surface area contributed by atoms with Crippen LogP contribution in [-0.2, 0) is 4.79 Å². The number of halogens is 1. The molecule has 0 amide bonds. The zero-order valence-corrected chi connectivity index (χ0v) is 12.3. The van der Waals surface area contributed by atoms with Gasteiger partial charge in [-0.25, -0.2) is 0 Å². The maximum atomic E-state index is 11.2. The maximum Gasteiger partial charge on any atom is 0.307 e. The van der Waals surface area contributed by atoms with E-state index in [9.17, 15) is 9.90 Å². The molecular weight excluding hydrogens is 294 g/mol. The Morgan fingerprint density at radius 1 is 1.50 bits per heavy atom. The van der Waals surface area contributed by atoms with Crippen molar-refractivity contribution in [2.45, 2.75) is 20.3 Å². The number of carbonyl (C=O) groups is 1. The van der Waals surface area contributed by atoms with Gasteiger partial charge < -0.3 is 10.0 Å². The molecule has 0 bridgehead atoms. The Labute approximate surface area is 116 Å². The molecule has 1 fully saturated rings. The van der Waals surface area contributed by atoms with E-state index >= 15 is 0 Å². The van der Waals surface area contributed by atoms with E-state index in [2.05, 4.69) is 33.0 Å². The highest BCUT2D eigenvalue weighted by Crippen LogP contribution is 2.37. The van der Waals surface area contributed by atoms with Crippen molar-refractivity contribution in [1.82, 2.24) is 0 Å². The monoisotopic (exact) mass is 311 g/mol. The van der Waals surface area contributed by atoms with Crippen LogP contribution in [0.3, 0.4) is 0 Å². The first-order valence-electron chi connectivity index (χ1n) is 6.13. The van der Waals surface area contributed by atoms with Crippen molar-refractivity contribution in [2.75, 3.05) is 18.0 Å². The number of rotatable bonds is 2. The molecule has 0 radical (unpaired) electrons. The molecule has 98 valence electrons. The first-order chi connectivity index (χ1) is 8.40. The minimum absolute atomic E-state index is 0.202. The summed E-state index contributed by atoms with van der Waals surface area (Å²) >= 11 is 3.47. The van der Waals surface area contributed by atoms with Gasteiger partial charge >= 0.3 is 5.97 Å². The summed E-state index contributed by atoms with van der Waals surface area (Å²) in [4.78, 5) is 13.5. The van der Waals surface area contributed by atoms with Crippen molar-refractivity contribution in [3.8, 4) is 0 Å². The molecule has 0 spiro atoms. The fourth-order valence-electron chi connectivity index (χ4n) is 2.71. The Bertz CT molecular complexity index is 459. The number of hydrogen-bond acceptors (Lipinski definition) is 2. The molecule has 1 unspecified atom stereocenters. The van der Waals surface area contributed by atoms with E-state index in [1.165, 1.54) is 0 Å². The Morgan fingerprint density at radius 3 is 2.78 bits per heavy atom. The predicted molar refractivity (Wildman–Crippen MR) is 75.9 cm³/mol. The zero-order chi connectivity index (χ0) is 13.3. The van der Waals surface area contributed by atoms with Crippen LogP contribution in [0.15, 0.2) is 28.7 Å². The third-order valence-electron chi connectivity index (χ3n) is 3.70. The maximum absolute atomic E-state index is 11.2. The minimum Gasteiger partial charge on any atom is -0.481 e. The summed E-state index contributed by atoms with van der Waals surface area (Å²) in [7, 11) is 0. The Balaban J connectivity index is 2.18. The fraction of sp³-hybridized carbons (Fsp3) is 0.500. The largest absolute Gasteiger partial charge is 0.481 e. The van der Waals surface area contributed by atoms with Crippen molar-refractivity contribution < 1.29 is 9.90 Å². The molecule has 1 atom stereocenters. The van der Waals surface area contributed by atoms with E-state index in [0.29, 0.717) is 6.42 Å². The average Bonchev–Trinajstić information content (AvgIpc) is 2.27. The highest BCUT2D eigenvalue weighted by atomic mass is 79.9. The lowest BCUT2D eigenvalue weighted by Crippen LogP contribution is -2.48. The van der Waals surface area contributed by atoms with Gasteiger partial charge in [-0.1, -0.05) is 35.8 Å². The van der Waals surface area contributed by atoms with Crippen LogP contribution in [0.1, 0.15) is 20.3 Å². The van der Waals surface area contributed by atoms with Gasteiger partial charge in [-0.3, -0.25) is 4.79 Å². The molecule has 18 heavy (non-hydrogen) atoms. The second kappa shape index (κ2) is 4.92. The third-order valence-corrected chi connectivity index (χ3v) is 4.19. The van der Waals surface area contributed by atoms with E-state index in [4.69, 9.17) is 0 Å². The number of anilines is 1. The second-order valence-corrected chi connectivity index (χ2v) is 6.49. The summed E-state index contributed by atoms with van der Waals surface area (Å²) in [6.45, 7) is 5.66. The first-order valence-corrected chi connectivity index (χ1v) is 6.93. The van der Waals surface area contributed by atoms with Crippen molar-refractivity contribution in [3.05, 3.63) is 28.7 Å². The van der Waals surface area contributed by atoms with Gasteiger partial charge in [0, 0.05) is 23.2 Å². The van der Waals surface area contributed by atoms with Gasteiger partial charge in [0.1, 0.15) is 0 Å².